The van der Waals surface area contributed by atoms with Crippen LogP contribution in [0.25, 0.3) is 0 Å². The third-order valence-corrected chi connectivity index (χ3v) is 4.79. The number of nitrogens with one attached hydrogen (secondary N) is 1. The second-order valence-electron chi connectivity index (χ2n) is 6.39. The standard InChI is InChI=1S/C16H29NO7/c1-4-8-6-9(12(19)14(21)11(8)18)17-10-7(3)24-16(23-5-2)15(22)13(10)20/h6-7,9-22H,4-5H2,1-3H3. The summed E-state index contributed by atoms with van der Waals surface area (Å²) < 4.78 is 10.9. The van der Waals surface area contributed by atoms with Gasteiger partial charge in [-0.05, 0) is 25.8 Å². The highest BCUT2D eigenvalue weighted by Crippen LogP contribution is 2.26. The van der Waals surface area contributed by atoms with Crippen LogP contribution in [0.15, 0.2) is 11.6 Å². The highest BCUT2D eigenvalue weighted by Gasteiger charge is 2.45. The molecule has 8 nitrogen and oxygen atoms in total. The number of ether oxygens (including phenoxy) is 2. The fraction of sp³-hybridized carbons (Fsp3) is 0.875. The van der Waals surface area contributed by atoms with E-state index in [0.29, 0.717) is 18.6 Å². The van der Waals surface area contributed by atoms with Crippen molar-refractivity contribution in [1.82, 2.24) is 5.32 Å². The largest absolute Gasteiger partial charge is 0.388 e. The Kier molecular flexibility index (Phi) is 6.74. The van der Waals surface area contributed by atoms with E-state index < -0.39 is 55.0 Å². The molecule has 8 heteroatoms. The lowest BCUT2D eigenvalue weighted by Gasteiger charge is -2.44. The fourth-order valence-electron chi connectivity index (χ4n) is 3.31. The molecule has 1 fully saturated rings. The average Bonchev–Trinajstić information content (AvgIpc) is 2.56. The van der Waals surface area contributed by atoms with Gasteiger partial charge in [0.2, 0.25) is 0 Å². The second-order valence-corrected chi connectivity index (χ2v) is 6.39. The molecule has 0 aromatic rings. The van der Waals surface area contributed by atoms with Gasteiger partial charge in [0.05, 0.1) is 18.2 Å². The van der Waals surface area contributed by atoms with Crippen molar-refractivity contribution in [3.63, 3.8) is 0 Å². The Hall–Kier alpha value is -0.580. The van der Waals surface area contributed by atoms with E-state index in [2.05, 4.69) is 5.32 Å². The number of aliphatic hydroxyl groups is 5. The van der Waals surface area contributed by atoms with Gasteiger partial charge >= 0.3 is 0 Å². The van der Waals surface area contributed by atoms with Gasteiger partial charge in [0.25, 0.3) is 0 Å². The van der Waals surface area contributed by atoms with E-state index >= 15 is 0 Å². The average molecular weight is 347 g/mol. The monoisotopic (exact) mass is 347 g/mol. The van der Waals surface area contributed by atoms with Crippen LogP contribution in [0.2, 0.25) is 0 Å². The number of rotatable bonds is 5. The smallest absolute Gasteiger partial charge is 0.186 e. The maximum absolute atomic E-state index is 10.4. The van der Waals surface area contributed by atoms with E-state index in [1.807, 2.05) is 6.92 Å². The number of hydrogen-bond donors (Lipinski definition) is 6. The van der Waals surface area contributed by atoms with Gasteiger partial charge in [-0.15, -0.1) is 0 Å². The zero-order valence-electron chi connectivity index (χ0n) is 14.2. The molecule has 0 aromatic heterocycles. The minimum atomic E-state index is -1.32. The zero-order valence-corrected chi connectivity index (χ0v) is 14.2. The topological polar surface area (TPSA) is 132 Å². The van der Waals surface area contributed by atoms with Crippen LogP contribution in [-0.2, 0) is 9.47 Å². The molecule has 0 amide bonds. The van der Waals surface area contributed by atoms with Crippen molar-refractivity contribution in [2.24, 2.45) is 0 Å². The Morgan fingerprint density at radius 1 is 1.04 bits per heavy atom. The van der Waals surface area contributed by atoms with E-state index in [0.717, 1.165) is 0 Å². The van der Waals surface area contributed by atoms with Crippen LogP contribution in [0.4, 0.5) is 0 Å². The van der Waals surface area contributed by atoms with Crippen LogP contribution in [0.5, 0.6) is 0 Å². The SMILES string of the molecule is CCOC1OC(C)C(NC2C=C(CC)C(O)C(O)C2O)C(O)C1O. The summed E-state index contributed by atoms with van der Waals surface area (Å²) in [4.78, 5) is 0. The molecule has 0 aromatic carbocycles. The van der Waals surface area contributed by atoms with Crippen LogP contribution in [0.1, 0.15) is 27.2 Å². The third-order valence-electron chi connectivity index (χ3n) is 4.79. The van der Waals surface area contributed by atoms with Crippen molar-refractivity contribution in [3.8, 4) is 0 Å². The molecule has 1 aliphatic carbocycles. The van der Waals surface area contributed by atoms with E-state index in [4.69, 9.17) is 9.47 Å². The minimum absolute atomic E-state index is 0.341. The van der Waals surface area contributed by atoms with Crippen LogP contribution < -0.4 is 5.32 Å². The molecule has 9 unspecified atom stereocenters. The molecule has 140 valence electrons. The molecule has 24 heavy (non-hydrogen) atoms. The highest BCUT2D eigenvalue weighted by atomic mass is 16.7. The summed E-state index contributed by atoms with van der Waals surface area (Å²) in [6.07, 6.45) is -5.29. The van der Waals surface area contributed by atoms with Gasteiger partial charge in [0.1, 0.15) is 30.5 Å². The summed E-state index contributed by atoms with van der Waals surface area (Å²) in [6, 6.07) is -1.35. The maximum atomic E-state index is 10.4. The van der Waals surface area contributed by atoms with Gasteiger partial charge in [-0.1, -0.05) is 13.0 Å². The first kappa shape index (κ1) is 19.7. The molecule has 0 saturated carbocycles. The molecule has 0 spiro atoms. The van der Waals surface area contributed by atoms with Gasteiger partial charge in [0.15, 0.2) is 6.29 Å². The summed E-state index contributed by atoms with van der Waals surface area (Å²) >= 11 is 0. The summed E-state index contributed by atoms with van der Waals surface area (Å²) in [5.41, 5.74) is 0.608. The fourth-order valence-corrected chi connectivity index (χ4v) is 3.31. The van der Waals surface area contributed by atoms with Gasteiger partial charge in [0, 0.05) is 6.61 Å². The van der Waals surface area contributed by atoms with Crippen LogP contribution in [0.3, 0.4) is 0 Å². The highest BCUT2D eigenvalue weighted by molar-refractivity contribution is 5.21. The first-order valence-corrected chi connectivity index (χ1v) is 8.45. The van der Waals surface area contributed by atoms with E-state index in [9.17, 15) is 25.5 Å². The quantitative estimate of drug-likeness (QED) is 0.323. The lowest BCUT2D eigenvalue weighted by Crippen LogP contribution is -2.66. The summed E-state index contributed by atoms with van der Waals surface area (Å²) in [5.74, 6) is 0. The van der Waals surface area contributed by atoms with E-state index in [1.54, 1.807) is 19.9 Å². The number of hydrogen-bond acceptors (Lipinski definition) is 8. The summed E-state index contributed by atoms with van der Waals surface area (Å²) in [6.45, 7) is 5.67. The van der Waals surface area contributed by atoms with Crippen LogP contribution in [0, 0.1) is 0 Å². The Morgan fingerprint density at radius 3 is 2.29 bits per heavy atom. The molecular weight excluding hydrogens is 318 g/mol. The molecule has 2 aliphatic rings. The van der Waals surface area contributed by atoms with E-state index in [1.165, 1.54) is 0 Å². The van der Waals surface area contributed by atoms with Crippen molar-refractivity contribution in [2.75, 3.05) is 6.61 Å². The van der Waals surface area contributed by atoms with Gasteiger partial charge in [-0.2, -0.15) is 0 Å². The van der Waals surface area contributed by atoms with Crippen molar-refractivity contribution < 1.29 is 35.0 Å². The third kappa shape index (κ3) is 3.81. The molecule has 1 heterocycles. The summed E-state index contributed by atoms with van der Waals surface area (Å²) in [7, 11) is 0. The lowest BCUT2D eigenvalue weighted by molar-refractivity contribution is -0.272. The molecule has 9 atom stereocenters. The summed E-state index contributed by atoms with van der Waals surface area (Å²) in [5, 5.41) is 53.7. The van der Waals surface area contributed by atoms with Gasteiger partial charge in [-0.3, -0.25) is 0 Å². The van der Waals surface area contributed by atoms with Gasteiger partial charge in [-0.25, -0.2) is 0 Å². The van der Waals surface area contributed by atoms with Crippen molar-refractivity contribution in [3.05, 3.63) is 11.6 Å². The first-order valence-electron chi connectivity index (χ1n) is 8.45. The Morgan fingerprint density at radius 2 is 1.71 bits per heavy atom. The molecule has 2 rings (SSSR count). The Labute approximate surface area is 141 Å². The zero-order chi connectivity index (χ0) is 18.0. The number of aliphatic hydroxyl groups excluding tert-OH is 5. The minimum Gasteiger partial charge on any atom is -0.388 e. The lowest BCUT2D eigenvalue weighted by atomic mass is 9.85. The molecule has 6 N–H and O–H groups in total. The first-order chi connectivity index (χ1) is 11.3. The van der Waals surface area contributed by atoms with Crippen molar-refractivity contribution in [2.45, 2.75) is 82.2 Å². The Balaban J connectivity index is 2.13. The molecular formula is C16H29NO7. The molecule has 0 bridgehead atoms. The van der Waals surface area contributed by atoms with Crippen LogP contribution >= 0.6 is 0 Å². The molecule has 0 radical (unpaired) electrons. The normalized spacial score (nSPS) is 46.7. The Bertz CT molecular complexity index is 446. The molecule has 1 saturated heterocycles. The van der Waals surface area contributed by atoms with Crippen molar-refractivity contribution in [1.29, 1.82) is 0 Å². The predicted molar refractivity (Wildman–Crippen MR) is 85.1 cm³/mol. The van der Waals surface area contributed by atoms with E-state index in [-0.39, 0.29) is 0 Å². The predicted octanol–water partition coefficient (Wildman–Crippen LogP) is -1.75. The molecule has 1 aliphatic heterocycles. The van der Waals surface area contributed by atoms with Crippen molar-refractivity contribution >= 4 is 0 Å². The second kappa shape index (κ2) is 8.20. The van der Waals surface area contributed by atoms with Crippen LogP contribution in [-0.4, -0.2) is 87.1 Å². The maximum Gasteiger partial charge on any atom is 0.186 e. The van der Waals surface area contributed by atoms with Gasteiger partial charge < -0.3 is 40.3 Å².